The molecule has 0 bridgehead atoms. The van der Waals surface area contributed by atoms with Crippen molar-refractivity contribution in [2.45, 2.75) is 13.0 Å². The second-order valence-electron chi connectivity index (χ2n) is 8.50. The molecule has 0 spiro atoms. The second kappa shape index (κ2) is 9.25. The number of aliphatic hydroxyl groups excluding tert-OH is 1. The highest BCUT2D eigenvalue weighted by Crippen LogP contribution is 2.45. The maximum atomic E-state index is 13.4. The van der Waals surface area contributed by atoms with E-state index in [-0.39, 0.29) is 11.3 Å². The number of benzene rings is 3. The summed E-state index contributed by atoms with van der Waals surface area (Å²) >= 11 is 1.29. The summed E-state index contributed by atoms with van der Waals surface area (Å²) < 4.78 is 17.6. The summed E-state index contributed by atoms with van der Waals surface area (Å²) in [5.41, 5.74) is 1.70. The Balaban J connectivity index is 1.50. The molecule has 1 N–H and O–H groups in total. The summed E-state index contributed by atoms with van der Waals surface area (Å²) in [5, 5.41) is 11.8. The maximum absolute atomic E-state index is 13.4. The quantitative estimate of drug-likeness (QED) is 0.225. The zero-order valence-corrected chi connectivity index (χ0v) is 20.7. The molecule has 1 unspecified atom stereocenters. The monoisotopic (exact) mass is 514 g/mol. The zero-order valence-electron chi connectivity index (χ0n) is 19.8. The second-order valence-corrected chi connectivity index (χ2v) is 9.51. The van der Waals surface area contributed by atoms with Crippen molar-refractivity contribution < 1.29 is 28.9 Å². The van der Waals surface area contributed by atoms with Crippen LogP contribution in [0.5, 0.6) is 17.2 Å². The van der Waals surface area contributed by atoms with Gasteiger partial charge in [-0.25, -0.2) is 4.98 Å². The highest BCUT2D eigenvalue weighted by molar-refractivity contribution is 7.22. The molecule has 6 rings (SSSR count). The largest absolute Gasteiger partial charge is 0.507 e. The number of Topliss-reactive ketones (excluding diaryl/α,β-unsaturated/α-hetero) is 1. The Morgan fingerprint density at radius 3 is 2.62 bits per heavy atom. The van der Waals surface area contributed by atoms with Crippen LogP contribution in [0.2, 0.25) is 0 Å². The Hall–Kier alpha value is -4.37. The molecule has 2 aliphatic heterocycles. The molecule has 9 heteroatoms. The van der Waals surface area contributed by atoms with Crippen LogP contribution < -0.4 is 19.1 Å². The highest BCUT2D eigenvalue weighted by Gasteiger charge is 2.48. The average Bonchev–Trinajstić information content (AvgIpc) is 3.46. The van der Waals surface area contributed by atoms with E-state index in [1.807, 2.05) is 55.5 Å². The molecule has 37 heavy (non-hydrogen) atoms. The van der Waals surface area contributed by atoms with Gasteiger partial charge in [0.05, 0.1) is 28.4 Å². The number of aromatic nitrogens is 1. The molecule has 1 aromatic heterocycles. The number of ketones is 1. The molecule has 0 saturated carbocycles. The lowest BCUT2D eigenvalue weighted by Gasteiger charge is -2.23. The van der Waals surface area contributed by atoms with Gasteiger partial charge in [0.2, 0.25) is 0 Å². The number of hydrogen-bond donors (Lipinski definition) is 1. The fourth-order valence-electron chi connectivity index (χ4n) is 4.58. The van der Waals surface area contributed by atoms with Crippen LogP contribution in [0.3, 0.4) is 0 Å². The minimum Gasteiger partial charge on any atom is -0.507 e. The van der Waals surface area contributed by atoms with E-state index >= 15 is 0 Å². The molecule has 1 fully saturated rings. The van der Waals surface area contributed by atoms with Crippen molar-refractivity contribution in [2.75, 3.05) is 24.7 Å². The lowest BCUT2D eigenvalue weighted by molar-refractivity contribution is -0.132. The maximum Gasteiger partial charge on any atom is 0.301 e. The smallest absolute Gasteiger partial charge is 0.301 e. The average molecular weight is 515 g/mol. The fraction of sp³-hybridized carbons (Fsp3) is 0.179. The van der Waals surface area contributed by atoms with Crippen LogP contribution in [-0.2, 0) is 9.59 Å². The van der Waals surface area contributed by atoms with Gasteiger partial charge in [0.25, 0.3) is 5.78 Å². The Morgan fingerprint density at radius 2 is 1.84 bits per heavy atom. The number of nitrogens with zero attached hydrogens (tertiary/aromatic N) is 2. The number of ether oxygens (including phenoxy) is 3. The van der Waals surface area contributed by atoms with Gasteiger partial charge in [-0.1, -0.05) is 41.7 Å². The van der Waals surface area contributed by atoms with Crippen LogP contribution in [-0.4, -0.2) is 41.6 Å². The molecule has 4 aromatic rings. The van der Waals surface area contributed by atoms with Crippen molar-refractivity contribution in [2.24, 2.45) is 0 Å². The van der Waals surface area contributed by atoms with Gasteiger partial charge in [0, 0.05) is 5.56 Å². The summed E-state index contributed by atoms with van der Waals surface area (Å²) in [5.74, 6) is -0.0924. The number of rotatable bonds is 5. The van der Waals surface area contributed by atoms with Gasteiger partial charge < -0.3 is 19.3 Å². The van der Waals surface area contributed by atoms with Gasteiger partial charge >= 0.3 is 5.91 Å². The van der Waals surface area contributed by atoms with Crippen molar-refractivity contribution in [1.29, 1.82) is 0 Å². The Bertz CT molecular complexity index is 1560. The first-order chi connectivity index (χ1) is 18.0. The summed E-state index contributed by atoms with van der Waals surface area (Å²) in [6, 6.07) is 18.7. The molecule has 0 radical (unpaired) electrons. The zero-order chi connectivity index (χ0) is 25.5. The molecule has 2 aliphatic rings. The molecule has 3 aromatic carbocycles. The number of hydrogen-bond acceptors (Lipinski definition) is 8. The number of carbonyl (C=O) groups is 2. The summed E-state index contributed by atoms with van der Waals surface area (Å²) in [4.78, 5) is 32.9. The van der Waals surface area contributed by atoms with Gasteiger partial charge in [-0.2, -0.15) is 0 Å². The first-order valence-electron chi connectivity index (χ1n) is 11.8. The van der Waals surface area contributed by atoms with E-state index in [2.05, 4.69) is 4.98 Å². The van der Waals surface area contributed by atoms with Gasteiger partial charge in [-0.15, -0.1) is 0 Å². The van der Waals surface area contributed by atoms with E-state index in [4.69, 9.17) is 14.2 Å². The van der Waals surface area contributed by atoms with E-state index in [0.29, 0.717) is 58.8 Å². The van der Waals surface area contributed by atoms with E-state index in [0.717, 1.165) is 4.70 Å². The molecule has 8 nitrogen and oxygen atoms in total. The minimum atomic E-state index is -0.860. The number of amides is 1. The van der Waals surface area contributed by atoms with E-state index in [1.54, 1.807) is 18.2 Å². The number of carbonyl (C=O) groups excluding carboxylic acids is 2. The van der Waals surface area contributed by atoms with Crippen molar-refractivity contribution in [3.8, 4) is 17.2 Å². The molecule has 0 aliphatic carbocycles. The van der Waals surface area contributed by atoms with Crippen LogP contribution in [0.1, 0.15) is 24.1 Å². The van der Waals surface area contributed by atoms with Crippen LogP contribution in [0.4, 0.5) is 5.13 Å². The predicted octanol–water partition coefficient (Wildman–Crippen LogP) is 5.09. The molecule has 1 atom stereocenters. The van der Waals surface area contributed by atoms with Crippen LogP contribution in [0, 0.1) is 0 Å². The predicted molar refractivity (Wildman–Crippen MR) is 139 cm³/mol. The lowest BCUT2D eigenvalue weighted by Crippen LogP contribution is -2.29. The molecule has 1 amide bonds. The molecular weight excluding hydrogens is 492 g/mol. The fourth-order valence-corrected chi connectivity index (χ4v) is 5.60. The van der Waals surface area contributed by atoms with Crippen molar-refractivity contribution in [3.63, 3.8) is 0 Å². The summed E-state index contributed by atoms with van der Waals surface area (Å²) in [6.07, 6.45) is 0. The molecule has 186 valence electrons. The van der Waals surface area contributed by atoms with E-state index in [1.165, 1.54) is 16.2 Å². The first kappa shape index (κ1) is 23.1. The SMILES string of the molecule is CCOc1ccc2nc(N3C(=O)C(=O)C(=C(O)c4ccc5c(c4)OCCO5)C3c3ccccc3)sc2c1. The van der Waals surface area contributed by atoms with Crippen LogP contribution in [0.25, 0.3) is 16.0 Å². The van der Waals surface area contributed by atoms with Crippen LogP contribution >= 0.6 is 11.3 Å². The number of aliphatic hydroxyl groups is 1. The topological polar surface area (TPSA) is 98.2 Å². The summed E-state index contributed by atoms with van der Waals surface area (Å²) in [7, 11) is 0. The van der Waals surface area contributed by atoms with Crippen molar-refractivity contribution >= 4 is 44.1 Å². The Kier molecular flexibility index (Phi) is 5.77. The van der Waals surface area contributed by atoms with Gasteiger partial charge in [0.15, 0.2) is 16.6 Å². The normalized spacial score (nSPS) is 18.4. The van der Waals surface area contributed by atoms with Crippen molar-refractivity contribution in [1.82, 2.24) is 4.98 Å². The highest BCUT2D eigenvalue weighted by atomic mass is 32.1. The van der Waals surface area contributed by atoms with Crippen molar-refractivity contribution in [3.05, 3.63) is 83.4 Å². The standard InChI is InChI=1S/C28H22N2O6S/c1-2-34-18-9-10-19-22(15-18)37-28(29-19)30-24(16-6-4-3-5-7-16)23(26(32)27(30)33)25(31)17-8-11-20-21(14-17)36-13-12-35-20/h3-11,14-15,24,31H,2,12-13H2,1H3. The Labute approximate surface area is 216 Å². The third kappa shape index (κ3) is 3.97. The third-order valence-electron chi connectivity index (χ3n) is 6.24. The van der Waals surface area contributed by atoms with Crippen LogP contribution in [0.15, 0.2) is 72.3 Å². The molecule has 1 saturated heterocycles. The minimum absolute atomic E-state index is 0.0119. The van der Waals surface area contributed by atoms with Gasteiger partial charge in [-0.05, 0) is 48.9 Å². The first-order valence-corrected chi connectivity index (χ1v) is 12.7. The molecule has 3 heterocycles. The van der Waals surface area contributed by atoms with E-state index < -0.39 is 17.7 Å². The molecular formula is C28H22N2O6S. The van der Waals surface area contributed by atoms with Gasteiger partial charge in [0.1, 0.15) is 24.7 Å². The summed E-state index contributed by atoms with van der Waals surface area (Å²) in [6.45, 7) is 3.25. The lowest BCUT2D eigenvalue weighted by atomic mass is 9.95. The number of thiazole rings is 1. The number of anilines is 1. The number of fused-ring (bicyclic) bond motifs is 2. The van der Waals surface area contributed by atoms with E-state index in [9.17, 15) is 14.7 Å². The van der Waals surface area contributed by atoms with Gasteiger partial charge in [-0.3, -0.25) is 14.5 Å². The third-order valence-corrected chi connectivity index (χ3v) is 7.26. The Morgan fingerprint density at radius 1 is 1.05 bits per heavy atom.